The minimum atomic E-state index is 0. The lowest BCUT2D eigenvalue weighted by Crippen LogP contribution is -2.41. The van der Waals surface area contributed by atoms with E-state index >= 15 is 0 Å². The minimum Gasteiger partial charge on any atom is -0.381 e. The molecule has 1 atom stereocenters. The molecule has 2 aliphatic heterocycles. The highest BCUT2D eigenvalue weighted by molar-refractivity contribution is 14.0. The van der Waals surface area contributed by atoms with Gasteiger partial charge in [-0.1, -0.05) is 0 Å². The first-order valence-corrected chi connectivity index (χ1v) is 8.11. The van der Waals surface area contributed by atoms with Gasteiger partial charge < -0.3 is 15.0 Å². The molecular weight excluding hydrogens is 397 g/mol. The largest absolute Gasteiger partial charge is 0.381 e. The Bertz CT molecular complexity index is 497. The van der Waals surface area contributed by atoms with Gasteiger partial charge in [-0.05, 0) is 31.9 Å². The summed E-state index contributed by atoms with van der Waals surface area (Å²) in [6.07, 6.45) is 2.43. The summed E-state index contributed by atoms with van der Waals surface area (Å²) < 4.78 is 5.59. The summed E-state index contributed by atoms with van der Waals surface area (Å²) in [5, 5.41) is 3.49. The van der Waals surface area contributed by atoms with Crippen LogP contribution in [0.4, 0.5) is 0 Å². The molecule has 2 fully saturated rings. The lowest BCUT2D eigenvalue weighted by molar-refractivity contribution is 0.156. The number of aryl methyl sites for hydroxylation is 1. The fourth-order valence-electron chi connectivity index (χ4n) is 3.17. The van der Waals surface area contributed by atoms with Crippen LogP contribution in [-0.2, 0) is 11.3 Å². The zero-order chi connectivity index (χ0) is 14.0. The van der Waals surface area contributed by atoms with Crippen LogP contribution in [0.3, 0.4) is 0 Å². The number of ether oxygens (including phenoxy) is 1. The van der Waals surface area contributed by atoms with E-state index in [0.717, 1.165) is 38.8 Å². The maximum Gasteiger partial charge on any atom is 0.193 e. The van der Waals surface area contributed by atoms with Crippen molar-refractivity contribution in [2.24, 2.45) is 10.4 Å². The Morgan fingerprint density at radius 1 is 1.48 bits per heavy atom. The molecule has 1 N–H and O–H groups in total. The Hall–Kier alpha value is -0.340. The number of halogens is 1. The molecule has 0 aliphatic carbocycles. The van der Waals surface area contributed by atoms with Gasteiger partial charge in [0.05, 0.1) is 13.2 Å². The number of nitrogens with zero attached hydrogens (tertiary/aromatic N) is 2. The van der Waals surface area contributed by atoms with Crippen molar-refractivity contribution in [2.45, 2.75) is 26.3 Å². The lowest BCUT2D eigenvalue weighted by Gasteiger charge is -2.24. The highest BCUT2D eigenvalue weighted by Gasteiger charge is 2.42. The number of hydrogen-bond donors (Lipinski definition) is 1. The molecule has 0 radical (unpaired) electrons. The highest BCUT2D eigenvalue weighted by atomic mass is 127. The van der Waals surface area contributed by atoms with Gasteiger partial charge in [0.25, 0.3) is 0 Å². The maximum absolute atomic E-state index is 5.59. The molecule has 3 rings (SSSR count). The normalized spacial score (nSPS) is 25.4. The second-order valence-electron chi connectivity index (χ2n) is 5.89. The monoisotopic (exact) mass is 421 g/mol. The molecule has 3 heterocycles. The molecular formula is C15H24IN3OS. The minimum absolute atomic E-state index is 0. The van der Waals surface area contributed by atoms with Gasteiger partial charge >= 0.3 is 0 Å². The third-order valence-corrected chi connectivity index (χ3v) is 5.35. The average Bonchev–Trinajstić information content (AvgIpc) is 3.15. The molecule has 118 valence electrons. The number of likely N-dealkylation sites (tertiary alicyclic amines) is 1. The van der Waals surface area contributed by atoms with Crippen molar-refractivity contribution in [1.82, 2.24) is 10.2 Å². The summed E-state index contributed by atoms with van der Waals surface area (Å²) in [6.45, 7) is 7.03. The molecule has 1 unspecified atom stereocenters. The molecule has 2 saturated heterocycles. The van der Waals surface area contributed by atoms with Crippen molar-refractivity contribution >= 4 is 41.3 Å². The SMILES string of the molecule is CN=C(NCc1ccc(C)s1)N1CCC2(CCOC2)C1.I. The van der Waals surface area contributed by atoms with Crippen LogP contribution in [0.1, 0.15) is 22.6 Å². The predicted molar refractivity (Wildman–Crippen MR) is 98.7 cm³/mol. The maximum atomic E-state index is 5.59. The van der Waals surface area contributed by atoms with Gasteiger partial charge in [-0.15, -0.1) is 35.3 Å². The van der Waals surface area contributed by atoms with E-state index in [2.05, 4.69) is 34.3 Å². The van der Waals surface area contributed by atoms with Crippen LogP contribution in [0, 0.1) is 12.3 Å². The Kier molecular flexibility index (Phi) is 5.90. The first-order chi connectivity index (χ1) is 9.71. The summed E-state index contributed by atoms with van der Waals surface area (Å²) in [4.78, 5) is 9.55. The summed E-state index contributed by atoms with van der Waals surface area (Å²) in [6, 6.07) is 4.36. The third kappa shape index (κ3) is 3.90. The van der Waals surface area contributed by atoms with Crippen LogP contribution in [0.2, 0.25) is 0 Å². The zero-order valence-electron chi connectivity index (χ0n) is 12.7. The second-order valence-corrected chi connectivity index (χ2v) is 7.26. The number of hydrogen-bond acceptors (Lipinski definition) is 3. The molecule has 21 heavy (non-hydrogen) atoms. The molecule has 2 aliphatic rings. The molecule has 0 aromatic carbocycles. The van der Waals surface area contributed by atoms with Crippen LogP contribution in [0.15, 0.2) is 17.1 Å². The predicted octanol–water partition coefficient (Wildman–Crippen LogP) is 2.86. The zero-order valence-corrected chi connectivity index (χ0v) is 15.9. The smallest absolute Gasteiger partial charge is 0.193 e. The van der Waals surface area contributed by atoms with Crippen molar-refractivity contribution in [1.29, 1.82) is 0 Å². The molecule has 1 aromatic heterocycles. The molecule has 0 saturated carbocycles. The Labute approximate surface area is 148 Å². The van der Waals surface area contributed by atoms with Crippen LogP contribution < -0.4 is 5.32 Å². The van der Waals surface area contributed by atoms with Gasteiger partial charge in [0.1, 0.15) is 0 Å². The van der Waals surface area contributed by atoms with Gasteiger partial charge in [0.2, 0.25) is 0 Å². The average molecular weight is 421 g/mol. The van der Waals surface area contributed by atoms with E-state index in [0.29, 0.717) is 5.41 Å². The van der Waals surface area contributed by atoms with Crippen molar-refractivity contribution in [3.63, 3.8) is 0 Å². The van der Waals surface area contributed by atoms with E-state index in [1.807, 2.05) is 18.4 Å². The van der Waals surface area contributed by atoms with Crippen LogP contribution >= 0.6 is 35.3 Å². The molecule has 1 aromatic rings. The van der Waals surface area contributed by atoms with Gasteiger partial charge in [0, 0.05) is 41.9 Å². The summed E-state index contributed by atoms with van der Waals surface area (Å²) in [5.41, 5.74) is 0.386. The van der Waals surface area contributed by atoms with E-state index in [9.17, 15) is 0 Å². The second kappa shape index (κ2) is 7.28. The molecule has 0 amide bonds. The summed E-state index contributed by atoms with van der Waals surface area (Å²) >= 11 is 1.85. The fourth-order valence-corrected chi connectivity index (χ4v) is 4.00. The van der Waals surface area contributed by atoms with Gasteiger partial charge in [-0.3, -0.25) is 4.99 Å². The van der Waals surface area contributed by atoms with Crippen LogP contribution in [0.5, 0.6) is 0 Å². The first-order valence-electron chi connectivity index (χ1n) is 7.29. The number of thiophene rings is 1. The Balaban J connectivity index is 0.00000161. The molecule has 4 nitrogen and oxygen atoms in total. The summed E-state index contributed by atoms with van der Waals surface area (Å²) in [7, 11) is 1.87. The highest BCUT2D eigenvalue weighted by Crippen LogP contribution is 2.38. The van der Waals surface area contributed by atoms with Gasteiger partial charge in [-0.25, -0.2) is 0 Å². The van der Waals surface area contributed by atoms with E-state index in [4.69, 9.17) is 4.74 Å². The number of guanidine groups is 1. The van der Waals surface area contributed by atoms with E-state index < -0.39 is 0 Å². The van der Waals surface area contributed by atoms with Gasteiger partial charge in [-0.2, -0.15) is 0 Å². The number of nitrogens with one attached hydrogen (secondary N) is 1. The van der Waals surface area contributed by atoms with Crippen LogP contribution in [0.25, 0.3) is 0 Å². The molecule has 1 spiro atoms. The fraction of sp³-hybridized carbons (Fsp3) is 0.667. The van der Waals surface area contributed by atoms with Crippen LogP contribution in [-0.4, -0.2) is 44.2 Å². The molecule has 6 heteroatoms. The summed E-state index contributed by atoms with van der Waals surface area (Å²) in [5.74, 6) is 1.03. The first kappa shape index (κ1) is 17.0. The van der Waals surface area contributed by atoms with E-state index in [1.54, 1.807) is 0 Å². The topological polar surface area (TPSA) is 36.9 Å². The third-order valence-electron chi connectivity index (χ3n) is 4.35. The number of rotatable bonds is 2. The quantitative estimate of drug-likeness (QED) is 0.454. The standard InChI is InChI=1S/C15H23N3OS.HI/c1-12-3-4-13(20-12)9-17-14(16-2)18-7-5-15(10-18)6-8-19-11-15;/h3-4H,5-11H2,1-2H3,(H,16,17);1H. The Morgan fingerprint density at radius 3 is 2.95 bits per heavy atom. The van der Waals surface area contributed by atoms with Crippen molar-refractivity contribution in [2.75, 3.05) is 33.4 Å². The van der Waals surface area contributed by atoms with Gasteiger partial charge in [0.15, 0.2) is 5.96 Å². The van der Waals surface area contributed by atoms with Crippen molar-refractivity contribution in [3.05, 3.63) is 21.9 Å². The van der Waals surface area contributed by atoms with E-state index in [1.165, 1.54) is 22.6 Å². The molecule has 0 bridgehead atoms. The van der Waals surface area contributed by atoms with Crippen molar-refractivity contribution < 1.29 is 4.74 Å². The number of aliphatic imine (C=N–C) groups is 1. The Morgan fingerprint density at radius 2 is 2.33 bits per heavy atom. The van der Waals surface area contributed by atoms with Crippen molar-refractivity contribution in [3.8, 4) is 0 Å². The van der Waals surface area contributed by atoms with E-state index in [-0.39, 0.29) is 24.0 Å². The lowest BCUT2D eigenvalue weighted by atomic mass is 9.87.